The first-order valence-corrected chi connectivity index (χ1v) is 7.83. The van der Waals surface area contributed by atoms with Gasteiger partial charge in [-0.2, -0.15) is 0 Å². The normalized spacial score (nSPS) is 11.7. The van der Waals surface area contributed by atoms with Crippen LogP contribution in [0.15, 0.2) is 23.1 Å². The van der Waals surface area contributed by atoms with E-state index in [2.05, 4.69) is 36.9 Å². The van der Waals surface area contributed by atoms with E-state index in [0.29, 0.717) is 13.1 Å². The lowest BCUT2D eigenvalue weighted by Gasteiger charge is -2.32. The van der Waals surface area contributed by atoms with Crippen molar-refractivity contribution >= 4 is 17.4 Å². The number of aliphatic hydroxyl groups is 1. The van der Waals surface area contributed by atoms with Crippen LogP contribution >= 0.6 is 11.8 Å². The smallest absolute Gasteiger partial charge is 0.0765 e. The fourth-order valence-electron chi connectivity index (χ4n) is 2.18. The molecule has 0 aliphatic carbocycles. The van der Waals surface area contributed by atoms with Crippen molar-refractivity contribution in [2.75, 3.05) is 23.7 Å². The molecule has 1 aromatic rings. The molecule has 0 amide bonds. The van der Waals surface area contributed by atoms with Crippen LogP contribution in [0.5, 0.6) is 0 Å². The minimum absolute atomic E-state index is 0.529. The Hall–Kier alpha value is -0.710. The van der Waals surface area contributed by atoms with E-state index < -0.39 is 5.60 Å². The molecule has 0 spiro atoms. The SMILES string of the molecule is CCSc1cccc(N(CC)CC(C)(C)O)c1CN. The lowest BCUT2D eigenvalue weighted by atomic mass is 10.1. The Balaban J connectivity index is 3.12. The second-order valence-electron chi connectivity index (χ2n) is 5.22. The van der Waals surface area contributed by atoms with E-state index in [1.807, 2.05) is 25.6 Å². The van der Waals surface area contributed by atoms with E-state index >= 15 is 0 Å². The third-order valence-corrected chi connectivity index (χ3v) is 3.89. The number of rotatable bonds is 7. The van der Waals surface area contributed by atoms with Crippen molar-refractivity contribution in [1.82, 2.24) is 0 Å². The summed E-state index contributed by atoms with van der Waals surface area (Å²) >= 11 is 1.82. The molecular weight excluding hydrogens is 256 g/mol. The van der Waals surface area contributed by atoms with Gasteiger partial charge in [0.25, 0.3) is 0 Å². The summed E-state index contributed by atoms with van der Waals surface area (Å²) in [6, 6.07) is 6.29. The van der Waals surface area contributed by atoms with E-state index in [9.17, 15) is 5.11 Å². The van der Waals surface area contributed by atoms with Crippen molar-refractivity contribution in [3.8, 4) is 0 Å². The molecule has 3 nitrogen and oxygen atoms in total. The monoisotopic (exact) mass is 282 g/mol. The molecule has 0 heterocycles. The molecule has 0 aliphatic rings. The minimum atomic E-state index is -0.713. The fourth-order valence-corrected chi connectivity index (χ4v) is 3.03. The Morgan fingerprint density at radius 1 is 1.32 bits per heavy atom. The van der Waals surface area contributed by atoms with Crippen molar-refractivity contribution in [3.05, 3.63) is 23.8 Å². The summed E-state index contributed by atoms with van der Waals surface area (Å²) in [5.41, 5.74) is 7.55. The Kier molecular flexibility index (Phi) is 6.17. The van der Waals surface area contributed by atoms with E-state index in [0.717, 1.165) is 18.0 Å². The number of nitrogens with two attached hydrogens (primary N) is 1. The van der Waals surface area contributed by atoms with Gasteiger partial charge in [-0.3, -0.25) is 0 Å². The maximum atomic E-state index is 10.0. The molecule has 19 heavy (non-hydrogen) atoms. The Bertz CT molecular complexity index is 402. The van der Waals surface area contributed by atoms with Crippen LogP contribution in [0, 0.1) is 0 Å². The van der Waals surface area contributed by atoms with Crippen LogP contribution in [-0.4, -0.2) is 29.5 Å². The lowest BCUT2D eigenvalue weighted by molar-refractivity contribution is 0.0875. The predicted octanol–water partition coefficient (Wildman–Crippen LogP) is 2.85. The van der Waals surface area contributed by atoms with Crippen LogP contribution in [0.1, 0.15) is 33.3 Å². The Morgan fingerprint density at radius 3 is 2.47 bits per heavy atom. The van der Waals surface area contributed by atoms with Gasteiger partial charge < -0.3 is 15.7 Å². The van der Waals surface area contributed by atoms with Crippen molar-refractivity contribution in [3.63, 3.8) is 0 Å². The van der Waals surface area contributed by atoms with E-state index in [4.69, 9.17) is 5.73 Å². The number of hydrogen-bond donors (Lipinski definition) is 2. The number of thioether (sulfide) groups is 1. The maximum Gasteiger partial charge on any atom is 0.0765 e. The predicted molar refractivity (Wildman–Crippen MR) is 84.9 cm³/mol. The van der Waals surface area contributed by atoms with Gasteiger partial charge in [-0.25, -0.2) is 0 Å². The third kappa shape index (κ3) is 4.71. The van der Waals surface area contributed by atoms with Crippen molar-refractivity contribution in [1.29, 1.82) is 0 Å². The van der Waals surface area contributed by atoms with Crippen LogP contribution in [0.25, 0.3) is 0 Å². The molecule has 108 valence electrons. The molecule has 0 bridgehead atoms. The van der Waals surface area contributed by atoms with Crippen LogP contribution in [0.4, 0.5) is 5.69 Å². The van der Waals surface area contributed by atoms with Crippen LogP contribution in [0.2, 0.25) is 0 Å². The summed E-state index contributed by atoms with van der Waals surface area (Å²) in [7, 11) is 0. The third-order valence-electron chi connectivity index (χ3n) is 2.91. The van der Waals surface area contributed by atoms with Gasteiger partial charge in [-0.15, -0.1) is 11.8 Å². The molecule has 0 aliphatic heterocycles. The standard InChI is InChI=1S/C15H26N2OS/c1-5-17(11-15(3,4)18)13-8-7-9-14(19-6-2)12(13)10-16/h7-9,18H,5-6,10-11,16H2,1-4H3. The molecule has 0 saturated carbocycles. The number of hydrogen-bond acceptors (Lipinski definition) is 4. The van der Waals surface area contributed by atoms with Gasteiger partial charge in [-0.1, -0.05) is 13.0 Å². The van der Waals surface area contributed by atoms with Crippen LogP contribution in [0.3, 0.4) is 0 Å². The quantitative estimate of drug-likeness (QED) is 0.755. The van der Waals surface area contributed by atoms with Crippen LogP contribution in [-0.2, 0) is 6.54 Å². The van der Waals surface area contributed by atoms with E-state index in [1.165, 1.54) is 10.5 Å². The Labute approximate surface area is 121 Å². The second kappa shape index (κ2) is 7.17. The molecule has 1 aromatic carbocycles. The molecule has 0 fully saturated rings. The van der Waals surface area contributed by atoms with Gasteiger partial charge in [0.2, 0.25) is 0 Å². The van der Waals surface area contributed by atoms with E-state index in [-0.39, 0.29) is 0 Å². The van der Waals surface area contributed by atoms with Crippen molar-refractivity contribution in [2.45, 2.75) is 44.7 Å². The average Bonchev–Trinajstić information content (AvgIpc) is 2.35. The van der Waals surface area contributed by atoms with Gasteiger partial charge in [0.15, 0.2) is 0 Å². The Morgan fingerprint density at radius 2 is 2.00 bits per heavy atom. The molecule has 0 radical (unpaired) electrons. The first kappa shape index (κ1) is 16.3. The zero-order valence-electron chi connectivity index (χ0n) is 12.4. The molecule has 0 saturated heterocycles. The summed E-state index contributed by atoms with van der Waals surface area (Å²) < 4.78 is 0. The van der Waals surface area contributed by atoms with Crippen molar-refractivity contribution < 1.29 is 5.11 Å². The molecule has 1 rings (SSSR count). The summed E-state index contributed by atoms with van der Waals surface area (Å²) in [4.78, 5) is 3.44. The summed E-state index contributed by atoms with van der Waals surface area (Å²) in [6.07, 6.45) is 0. The number of likely N-dealkylation sites (N-methyl/N-ethyl adjacent to an activating group) is 1. The number of anilines is 1. The topological polar surface area (TPSA) is 49.5 Å². The highest BCUT2D eigenvalue weighted by atomic mass is 32.2. The zero-order valence-corrected chi connectivity index (χ0v) is 13.3. The summed E-state index contributed by atoms with van der Waals surface area (Å²) in [5, 5.41) is 10.0. The molecule has 0 aromatic heterocycles. The highest BCUT2D eigenvalue weighted by Crippen LogP contribution is 2.31. The van der Waals surface area contributed by atoms with Crippen LogP contribution < -0.4 is 10.6 Å². The fraction of sp³-hybridized carbons (Fsp3) is 0.600. The van der Waals surface area contributed by atoms with Gasteiger partial charge in [0.1, 0.15) is 0 Å². The largest absolute Gasteiger partial charge is 0.389 e. The average molecular weight is 282 g/mol. The first-order valence-electron chi connectivity index (χ1n) is 6.85. The summed E-state index contributed by atoms with van der Waals surface area (Å²) in [6.45, 7) is 9.91. The van der Waals surface area contributed by atoms with Gasteiger partial charge in [0.05, 0.1) is 5.60 Å². The second-order valence-corrected chi connectivity index (χ2v) is 6.52. The first-order chi connectivity index (χ1) is 8.92. The van der Waals surface area contributed by atoms with Gasteiger partial charge >= 0.3 is 0 Å². The lowest BCUT2D eigenvalue weighted by Crippen LogP contribution is -2.39. The molecule has 0 unspecified atom stereocenters. The zero-order chi connectivity index (χ0) is 14.5. The molecule has 0 atom stereocenters. The maximum absolute atomic E-state index is 10.0. The van der Waals surface area contributed by atoms with Crippen molar-refractivity contribution in [2.24, 2.45) is 5.73 Å². The molecule has 3 N–H and O–H groups in total. The highest BCUT2D eigenvalue weighted by Gasteiger charge is 2.20. The number of nitrogens with zero attached hydrogens (tertiary/aromatic N) is 1. The highest BCUT2D eigenvalue weighted by molar-refractivity contribution is 7.99. The molecule has 4 heteroatoms. The number of benzene rings is 1. The minimum Gasteiger partial charge on any atom is -0.389 e. The van der Waals surface area contributed by atoms with E-state index in [1.54, 1.807) is 0 Å². The summed E-state index contributed by atoms with van der Waals surface area (Å²) in [5.74, 6) is 1.04. The molecular formula is C15H26N2OS. The van der Waals surface area contributed by atoms with Gasteiger partial charge in [0, 0.05) is 35.8 Å². The van der Waals surface area contributed by atoms with Gasteiger partial charge in [-0.05, 0) is 38.7 Å².